The summed E-state index contributed by atoms with van der Waals surface area (Å²) in [5.41, 5.74) is 1.27. The Morgan fingerprint density at radius 3 is 2.26 bits per heavy atom. The fraction of sp³-hybridized carbons (Fsp3) is 0.444. The van der Waals surface area contributed by atoms with E-state index >= 15 is 0 Å². The van der Waals surface area contributed by atoms with Gasteiger partial charge in [-0.2, -0.15) is 9.29 Å². The van der Waals surface area contributed by atoms with Gasteiger partial charge in [0.1, 0.15) is 5.82 Å². The fourth-order valence-corrected chi connectivity index (χ4v) is 6.48. The Labute approximate surface area is 222 Å². The van der Waals surface area contributed by atoms with E-state index in [1.807, 2.05) is 0 Å². The van der Waals surface area contributed by atoms with E-state index in [-0.39, 0.29) is 22.5 Å². The van der Waals surface area contributed by atoms with Crippen molar-refractivity contribution in [1.82, 2.24) is 19.3 Å². The zero-order valence-electron chi connectivity index (χ0n) is 21.2. The molecular weight excluding hydrogens is 509 g/mol. The van der Waals surface area contributed by atoms with Crippen molar-refractivity contribution in [3.63, 3.8) is 0 Å². The molecule has 0 aliphatic carbocycles. The summed E-state index contributed by atoms with van der Waals surface area (Å²) in [5.74, 6) is 0.368. The average molecular weight is 542 g/mol. The highest BCUT2D eigenvalue weighted by molar-refractivity contribution is 7.89. The van der Waals surface area contributed by atoms with Gasteiger partial charge in [0.2, 0.25) is 27.6 Å². The van der Waals surface area contributed by atoms with E-state index < -0.39 is 10.0 Å². The summed E-state index contributed by atoms with van der Waals surface area (Å²) in [4.78, 5) is 19.7. The van der Waals surface area contributed by atoms with Crippen LogP contribution in [0.2, 0.25) is 0 Å². The van der Waals surface area contributed by atoms with E-state index in [0.29, 0.717) is 68.5 Å². The molecule has 1 amide bonds. The molecule has 202 valence electrons. The normalized spacial score (nSPS) is 18.2. The number of amides is 1. The zero-order valence-corrected chi connectivity index (χ0v) is 22.0. The molecule has 0 radical (unpaired) electrons. The molecular formula is C27H32FN5O4S. The van der Waals surface area contributed by atoms with E-state index in [0.717, 1.165) is 25.7 Å². The molecule has 3 aromatic rings. The average Bonchev–Trinajstić information content (AvgIpc) is 3.20. The first-order valence-corrected chi connectivity index (χ1v) is 14.5. The number of hydrogen-bond acceptors (Lipinski definition) is 7. The lowest BCUT2D eigenvalue weighted by molar-refractivity contribution is -0.121. The number of carbonyl (C=O) groups excluding carboxylic acids is 1. The number of rotatable bonds is 7. The largest absolute Gasteiger partial charge is 0.338 e. The van der Waals surface area contributed by atoms with E-state index in [1.54, 1.807) is 40.7 Å². The Hall–Kier alpha value is -3.15. The highest BCUT2D eigenvalue weighted by Gasteiger charge is 2.27. The van der Waals surface area contributed by atoms with Gasteiger partial charge in [0.05, 0.1) is 11.4 Å². The minimum Gasteiger partial charge on any atom is -0.338 e. The molecule has 2 fully saturated rings. The van der Waals surface area contributed by atoms with Crippen LogP contribution >= 0.6 is 0 Å². The molecule has 5 rings (SSSR count). The summed E-state index contributed by atoms with van der Waals surface area (Å²) < 4.78 is 46.0. The maximum absolute atomic E-state index is 13.1. The first-order chi connectivity index (χ1) is 18.4. The monoisotopic (exact) mass is 541 g/mol. The van der Waals surface area contributed by atoms with Gasteiger partial charge in [0.25, 0.3) is 0 Å². The molecule has 11 heteroatoms. The van der Waals surface area contributed by atoms with Crippen molar-refractivity contribution in [2.45, 2.75) is 50.0 Å². The number of nitrogens with zero attached hydrogens (tertiary/aromatic N) is 4. The molecule has 2 saturated heterocycles. The number of halogens is 1. The topological polar surface area (TPSA) is 109 Å². The third kappa shape index (κ3) is 6.28. The van der Waals surface area contributed by atoms with E-state index in [9.17, 15) is 17.6 Å². The maximum Gasteiger partial charge on any atom is 0.243 e. The predicted octanol–water partition coefficient (Wildman–Crippen LogP) is 4.29. The quantitative estimate of drug-likeness (QED) is 0.475. The van der Waals surface area contributed by atoms with Crippen LogP contribution in [0.1, 0.15) is 44.4 Å². The van der Waals surface area contributed by atoms with Gasteiger partial charge in [-0.25, -0.2) is 12.8 Å². The lowest BCUT2D eigenvalue weighted by Crippen LogP contribution is -2.37. The summed E-state index contributed by atoms with van der Waals surface area (Å²) in [6.45, 7) is 3.01. The predicted molar refractivity (Wildman–Crippen MR) is 140 cm³/mol. The van der Waals surface area contributed by atoms with Crippen molar-refractivity contribution in [2.75, 3.05) is 31.5 Å². The third-order valence-electron chi connectivity index (χ3n) is 7.21. The van der Waals surface area contributed by atoms with Crippen molar-refractivity contribution < 1.29 is 22.1 Å². The molecule has 9 nitrogen and oxygen atoms in total. The van der Waals surface area contributed by atoms with Crippen LogP contribution in [0, 0.1) is 11.7 Å². The number of benzene rings is 2. The standard InChI is InChI=1S/C27H32FN5O4S/c28-22-7-5-20(6-8-22)26-30-25(37-31-26)19-32-17-13-21(14-18-32)27(34)29-23-9-11-24(12-10-23)38(35,36)33-15-3-1-2-4-16-33/h5-12,21H,1-4,13-19H2,(H,29,34). The fourth-order valence-electron chi connectivity index (χ4n) is 4.97. The lowest BCUT2D eigenvalue weighted by Gasteiger charge is -2.30. The van der Waals surface area contributed by atoms with Crippen molar-refractivity contribution in [2.24, 2.45) is 5.92 Å². The van der Waals surface area contributed by atoms with Crippen LogP contribution < -0.4 is 5.32 Å². The number of carbonyl (C=O) groups is 1. The first-order valence-electron chi connectivity index (χ1n) is 13.1. The smallest absolute Gasteiger partial charge is 0.243 e. The van der Waals surface area contributed by atoms with Crippen LogP contribution in [0.25, 0.3) is 11.4 Å². The van der Waals surface area contributed by atoms with E-state index in [2.05, 4.69) is 20.4 Å². The van der Waals surface area contributed by atoms with Crippen LogP contribution in [-0.4, -0.2) is 59.8 Å². The van der Waals surface area contributed by atoms with E-state index in [1.165, 1.54) is 12.1 Å². The number of anilines is 1. The first kappa shape index (κ1) is 26.5. The molecule has 0 unspecified atom stereocenters. The molecule has 2 aliphatic heterocycles. The number of likely N-dealkylation sites (tertiary alicyclic amines) is 1. The Balaban J connectivity index is 1.11. The molecule has 3 heterocycles. The maximum atomic E-state index is 13.1. The Kier molecular flexibility index (Phi) is 8.15. The van der Waals surface area contributed by atoms with Crippen molar-refractivity contribution in [3.05, 3.63) is 60.2 Å². The molecule has 38 heavy (non-hydrogen) atoms. The molecule has 0 atom stereocenters. The van der Waals surface area contributed by atoms with Crippen LogP contribution in [0.3, 0.4) is 0 Å². The molecule has 0 bridgehead atoms. The summed E-state index contributed by atoms with van der Waals surface area (Å²) in [7, 11) is -3.52. The van der Waals surface area contributed by atoms with Gasteiger partial charge in [-0.15, -0.1) is 0 Å². The van der Waals surface area contributed by atoms with Crippen LogP contribution in [0.5, 0.6) is 0 Å². The summed E-state index contributed by atoms with van der Waals surface area (Å²) in [5, 5.41) is 6.92. The Bertz CT molecular complexity index is 1330. The molecule has 1 N–H and O–H groups in total. The summed E-state index contributed by atoms with van der Waals surface area (Å²) in [6.07, 6.45) is 5.27. The number of sulfonamides is 1. The van der Waals surface area contributed by atoms with Gasteiger partial charge in [-0.3, -0.25) is 9.69 Å². The summed E-state index contributed by atoms with van der Waals surface area (Å²) >= 11 is 0. The van der Waals surface area contributed by atoms with Gasteiger partial charge in [0, 0.05) is 30.3 Å². The van der Waals surface area contributed by atoms with Gasteiger partial charge in [0.15, 0.2) is 0 Å². The van der Waals surface area contributed by atoms with Gasteiger partial charge < -0.3 is 9.84 Å². The molecule has 2 aromatic carbocycles. The van der Waals surface area contributed by atoms with E-state index in [4.69, 9.17) is 4.52 Å². The second kappa shape index (κ2) is 11.7. The van der Waals surface area contributed by atoms with Gasteiger partial charge in [-0.1, -0.05) is 18.0 Å². The molecule has 0 saturated carbocycles. The zero-order chi connectivity index (χ0) is 26.5. The highest BCUT2D eigenvalue weighted by atomic mass is 32.2. The Morgan fingerprint density at radius 2 is 1.61 bits per heavy atom. The number of aromatic nitrogens is 2. The third-order valence-corrected chi connectivity index (χ3v) is 9.13. The van der Waals surface area contributed by atoms with Crippen molar-refractivity contribution >= 4 is 21.6 Å². The SMILES string of the molecule is O=C(Nc1ccc(S(=O)(=O)N2CCCCCC2)cc1)C1CCN(Cc2nc(-c3ccc(F)cc3)no2)CC1. The second-order valence-corrected chi connectivity index (χ2v) is 11.8. The van der Waals surface area contributed by atoms with Crippen LogP contribution in [0.15, 0.2) is 57.9 Å². The minimum absolute atomic E-state index is 0.0656. The van der Waals surface area contributed by atoms with Gasteiger partial charge >= 0.3 is 0 Å². The van der Waals surface area contributed by atoms with Crippen LogP contribution in [-0.2, 0) is 21.4 Å². The van der Waals surface area contributed by atoms with Crippen molar-refractivity contribution in [3.8, 4) is 11.4 Å². The van der Waals surface area contributed by atoms with Crippen LogP contribution in [0.4, 0.5) is 10.1 Å². The number of nitrogens with one attached hydrogen (secondary N) is 1. The van der Waals surface area contributed by atoms with Gasteiger partial charge in [-0.05, 0) is 87.3 Å². The number of hydrogen-bond donors (Lipinski definition) is 1. The Morgan fingerprint density at radius 1 is 0.947 bits per heavy atom. The molecule has 0 spiro atoms. The lowest BCUT2D eigenvalue weighted by atomic mass is 9.96. The molecule has 2 aliphatic rings. The molecule has 1 aromatic heterocycles. The summed E-state index contributed by atoms with van der Waals surface area (Å²) in [6, 6.07) is 12.4. The van der Waals surface area contributed by atoms with Crippen molar-refractivity contribution in [1.29, 1.82) is 0 Å². The minimum atomic E-state index is -3.52. The number of piperidine rings is 1. The highest BCUT2D eigenvalue weighted by Crippen LogP contribution is 2.24. The second-order valence-electron chi connectivity index (χ2n) is 9.90.